The second kappa shape index (κ2) is 6.07. The summed E-state index contributed by atoms with van der Waals surface area (Å²) in [6.45, 7) is 1.52. The molecule has 5 heteroatoms. The lowest BCUT2D eigenvalue weighted by Crippen LogP contribution is -2.05. The Morgan fingerprint density at radius 2 is 1.76 bits per heavy atom. The normalized spacial score (nSPS) is 11.1. The second-order valence-electron chi connectivity index (χ2n) is 5.82. The van der Waals surface area contributed by atoms with Crippen molar-refractivity contribution in [1.29, 1.82) is 0 Å². The Labute approximate surface area is 157 Å². The van der Waals surface area contributed by atoms with Crippen molar-refractivity contribution < 1.29 is 9.59 Å². The highest BCUT2D eigenvalue weighted by molar-refractivity contribution is 14.1. The summed E-state index contributed by atoms with van der Waals surface area (Å²) in [5, 5.41) is 0.858. The third-order valence-electron chi connectivity index (χ3n) is 4.23. The molecule has 0 aliphatic heterocycles. The lowest BCUT2D eigenvalue weighted by Gasteiger charge is -2.05. The predicted molar refractivity (Wildman–Crippen MR) is 105 cm³/mol. The van der Waals surface area contributed by atoms with E-state index in [-0.39, 0.29) is 11.6 Å². The van der Waals surface area contributed by atoms with Crippen LogP contribution >= 0.6 is 22.6 Å². The number of ketones is 2. The second-order valence-corrected chi connectivity index (χ2v) is 7.06. The summed E-state index contributed by atoms with van der Waals surface area (Å²) < 4.78 is 2.78. The third-order valence-corrected chi connectivity index (χ3v) is 4.95. The van der Waals surface area contributed by atoms with Gasteiger partial charge < -0.3 is 0 Å². The number of nitrogens with zero attached hydrogens (tertiary/aromatic N) is 2. The molecule has 0 amide bonds. The first kappa shape index (κ1) is 16.0. The summed E-state index contributed by atoms with van der Waals surface area (Å²) in [7, 11) is 0. The quantitative estimate of drug-likeness (QED) is 0.348. The van der Waals surface area contributed by atoms with Crippen molar-refractivity contribution in [2.75, 3.05) is 0 Å². The highest BCUT2D eigenvalue weighted by atomic mass is 127. The number of halogens is 1. The maximum absolute atomic E-state index is 13.0. The van der Waals surface area contributed by atoms with Gasteiger partial charge in [-0.15, -0.1) is 0 Å². The van der Waals surface area contributed by atoms with Crippen LogP contribution in [0.4, 0.5) is 0 Å². The van der Waals surface area contributed by atoms with Crippen LogP contribution in [0.1, 0.15) is 33.3 Å². The van der Waals surface area contributed by atoms with Crippen LogP contribution in [0.25, 0.3) is 16.4 Å². The molecular formula is C20H13IN2O2. The topological polar surface area (TPSA) is 51.4 Å². The Morgan fingerprint density at radius 3 is 2.48 bits per heavy atom. The van der Waals surface area contributed by atoms with Crippen molar-refractivity contribution in [3.63, 3.8) is 0 Å². The molecule has 0 aliphatic carbocycles. The van der Waals surface area contributed by atoms with E-state index in [0.717, 1.165) is 20.0 Å². The number of benzene rings is 2. The zero-order valence-corrected chi connectivity index (χ0v) is 15.5. The van der Waals surface area contributed by atoms with Gasteiger partial charge in [-0.3, -0.25) is 14.0 Å². The van der Waals surface area contributed by atoms with E-state index in [1.54, 1.807) is 28.9 Å². The van der Waals surface area contributed by atoms with Crippen LogP contribution in [0.5, 0.6) is 0 Å². The molecule has 122 valence electrons. The number of carbonyl (C=O) groups is 2. The number of fused-ring (bicyclic) bond motifs is 3. The number of carbonyl (C=O) groups excluding carboxylic acids is 2. The zero-order valence-electron chi connectivity index (χ0n) is 13.4. The molecule has 0 unspecified atom stereocenters. The molecule has 0 N–H and O–H groups in total. The van der Waals surface area contributed by atoms with E-state index in [0.29, 0.717) is 16.8 Å². The van der Waals surface area contributed by atoms with Crippen molar-refractivity contribution >= 4 is 50.6 Å². The van der Waals surface area contributed by atoms with Crippen LogP contribution in [0.15, 0.2) is 60.9 Å². The van der Waals surface area contributed by atoms with E-state index in [1.165, 1.54) is 6.92 Å². The van der Waals surface area contributed by atoms with Gasteiger partial charge in [-0.25, -0.2) is 4.98 Å². The summed E-state index contributed by atoms with van der Waals surface area (Å²) in [6.07, 6.45) is 1.62. The highest BCUT2D eigenvalue weighted by Gasteiger charge is 2.20. The van der Waals surface area contributed by atoms with Crippen LogP contribution in [0, 0.1) is 3.57 Å². The van der Waals surface area contributed by atoms with Crippen LogP contribution in [-0.4, -0.2) is 21.0 Å². The molecule has 2 aromatic carbocycles. The standard InChI is InChI=1S/C20H13IN2O2/c1-12(24)16-10-18(20(25)13-6-8-14(21)9-7-13)23-11-22-17-5-3-2-4-15(17)19(16)23/h2-11H,1H3. The first-order valence-electron chi connectivity index (χ1n) is 7.76. The Morgan fingerprint density at radius 1 is 1.04 bits per heavy atom. The first-order valence-corrected chi connectivity index (χ1v) is 8.84. The number of hydrogen-bond donors (Lipinski definition) is 0. The van der Waals surface area contributed by atoms with Gasteiger partial charge in [-0.2, -0.15) is 0 Å². The van der Waals surface area contributed by atoms with Crippen LogP contribution in [-0.2, 0) is 0 Å². The molecule has 0 radical (unpaired) electrons. The van der Waals surface area contributed by atoms with Gasteiger partial charge in [-0.05, 0) is 65.9 Å². The van der Waals surface area contributed by atoms with E-state index in [4.69, 9.17) is 0 Å². The molecule has 4 rings (SSSR count). The van der Waals surface area contributed by atoms with Crippen LogP contribution in [0.3, 0.4) is 0 Å². The smallest absolute Gasteiger partial charge is 0.209 e. The largest absolute Gasteiger partial charge is 0.296 e. The Bertz CT molecular complexity index is 1140. The van der Waals surface area contributed by atoms with E-state index in [1.807, 2.05) is 36.4 Å². The Hall–Kier alpha value is -2.54. The molecule has 25 heavy (non-hydrogen) atoms. The van der Waals surface area contributed by atoms with Crippen molar-refractivity contribution in [1.82, 2.24) is 9.38 Å². The number of rotatable bonds is 3. The van der Waals surface area contributed by atoms with Gasteiger partial charge in [0, 0.05) is 20.1 Å². The molecule has 0 fully saturated rings. The average molecular weight is 440 g/mol. The molecular weight excluding hydrogens is 427 g/mol. The maximum Gasteiger partial charge on any atom is 0.209 e. The van der Waals surface area contributed by atoms with Gasteiger partial charge >= 0.3 is 0 Å². The number of hydrogen-bond acceptors (Lipinski definition) is 3. The van der Waals surface area contributed by atoms with Gasteiger partial charge in [0.2, 0.25) is 5.78 Å². The van der Waals surface area contributed by atoms with Crippen LogP contribution < -0.4 is 0 Å². The molecule has 2 heterocycles. The van der Waals surface area contributed by atoms with E-state index in [2.05, 4.69) is 27.6 Å². The Kier molecular flexibility index (Phi) is 3.88. The fraction of sp³-hybridized carbons (Fsp3) is 0.0500. The number of Topliss-reactive ketones (excluding diaryl/α,β-unsaturated/α-hetero) is 1. The van der Waals surface area contributed by atoms with Gasteiger partial charge in [0.25, 0.3) is 0 Å². The molecule has 0 aliphatic rings. The number of aromatic nitrogens is 2. The fourth-order valence-corrected chi connectivity index (χ4v) is 3.38. The van der Waals surface area contributed by atoms with Gasteiger partial charge in [0.1, 0.15) is 6.33 Å². The minimum atomic E-state index is -0.129. The predicted octanol–water partition coefficient (Wildman–Crippen LogP) is 4.53. The maximum atomic E-state index is 13.0. The Balaban J connectivity index is 2.02. The van der Waals surface area contributed by atoms with Gasteiger partial charge in [-0.1, -0.05) is 18.2 Å². The lowest BCUT2D eigenvalue weighted by atomic mass is 10.1. The summed E-state index contributed by atoms with van der Waals surface area (Å²) in [5.41, 5.74) is 3.09. The van der Waals surface area contributed by atoms with E-state index >= 15 is 0 Å². The molecule has 0 bridgehead atoms. The zero-order chi connectivity index (χ0) is 17.6. The molecule has 4 aromatic rings. The molecule has 0 saturated heterocycles. The first-order chi connectivity index (χ1) is 12.1. The minimum Gasteiger partial charge on any atom is -0.296 e. The van der Waals surface area contributed by atoms with Crippen molar-refractivity contribution in [3.8, 4) is 0 Å². The lowest BCUT2D eigenvalue weighted by molar-refractivity contribution is 0.101. The average Bonchev–Trinajstić information content (AvgIpc) is 3.02. The SMILES string of the molecule is CC(=O)c1cc(C(=O)c2ccc(I)cc2)n2cnc3ccccc3c12. The molecule has 0 spiro atoms. The molecule has 0 atom stereocenters. The number of para-hydroxylation sites is 1. The van der Waals surface area contributed by atoms with Crippen molar-refractivity contribution in [3.05, 3.63) is 81.3 Å². The minimum absolute atomic E-state index is 0.0736. The van der Waals surface area contributed by atoms with Gasteiger partial charge in [0.15, 0.2) is 5.78 Å². The fourth-order valence-electron chi connectivity index (χ4n) is 3.02. The van der Waals surface area contributed by atoms with E-state index in [9.17, 15) is 9.59 Å². The summed E-state index contributed by atoms with van der Waals surface area (Å²) >= 11 is 2.20. The summed E-state index contributed by atoms with van der Waals surface area (Å²) in [6, 6.07) is 16.7. The summed E-state index contributed by atoms with van der Waals surface area (Å²) in [4.78, 5) is 29.6. The highest BCUT2D eigenvalue weighted by Crippen LogP contribution is 2.26. The van der Waals surface area contributed by atoms with Crippen LogP contribution in [0.2, 0.25) is 0 Å². The summed E-state index contributed by atoms with van der Waals surface area (Å²) in [5.74, 6) is -0.202. The van der Waals surface area contributed by atoms with Crippen molar-refractivity contribution in [2.45, 2.75) is 6.92 Å². The van der Waals surface area contributed by atoms with E-state index < -0.39 is 0 Å². The molecule has 4 nitrogen and oxygen atoms in total. The monoisotopic (exact) mass is 440 g/mol. The van der Waals surface area contributed by atoms with Gasteiger partial charge in [0.05, 0.1) is 16.7 Å². The van der Waals surface area contributed by atoms with Crippen molar-refractivity contribution in [2.24, 2.45) is 0 Å². The third kappa shape index (κ3) is 2.64. The molecule has 2 aromatic heterocycles. The molecule has 0 saturated carbocycles.